The molecule has 0 spiro atoms. The van der Waals surface area contributed by atoms with Gasteiger partial charge in [-0.15, -0.1) is 0 Å². The third-order valence-corrected chi connectivity index (χ3v) is 4.48. The van der Waals surface area contributed by atoms with Crippen molar-refractivity contribution in [1.82, 2.24) is 4.98 Å². The number of nitrogens with zero attached hydrogens (tertiary/aromatic N) is 1. The lowest BCUT2D eigenvalue weighted by Gasteiger charge is -2.44. The molecule has 3 heteroatoms. The molecule has 0 aliphatic carbocycles. The van der Waals surface area contributed by atoms with E-state index < -0.39 is 0 Å². The highest BCUT2D eigenvalue weighted by atomic mass is 16.5. The van der Waals surface area contributed by atoms with Gasteiger partial charge >= 0.3 is 0 Å². The highest BCUT2D eigenvalue weighted by Gasteiger charge is 2.40. The molecule has 27 heavy (non-hydrogen) atoms. The molecule has 0 amide bonds. The summed E-state index contributed by atoms with van der Waals surface area (Å²) in [6, 6.07) is 4.05. The Morgan fingerprint density at radius 3 is 1.70 bits per heavy atom. The van der Waals surface area contributed by atoms with Crippen molar-refractivity contribution < 1.29 is 9.47 Å². The van der Waals surface area contributed by atoms with Crippen LogP contribution < -0.4 is 4.74 Å². The lowest BCUT2D eigenvalue weighted by Crippen LogP contribution is -2.49. The van der Waals surface area contributed by atoms with Gasteiger partial charge in [-0.3, -0.25) is 0 Å². The lowest BCUT2D eigenvalue weighted by atomic mass is 9.87. The number of aromatic nitrogens is 1. The van der Waals surface area contributed by atoms with Crippen molar-refractivity contribution in [3.05, 3.63) is 23.9 Å². The van der Waals surface area contributed by atoms with Crippen molar-refractivity contribution >= 4 is 0 Å². The topological polar surface area (TPSA) is 31.4 Å². The molecule has 1 aromatic heterocycles. The largest absolute Gasteiger partial charge is 0.474 e. The number of hydrogen-bond acceptors (Lipinski definition) is 3. The number of ether oxygens (including phenoxy) is 2. The molecule has 0 radical (unpaired) electrons. The van der Waals surface area contributed by atoms with E-state index in [4.69, 9.17) is 9.47 Å². The standard InChI is InChI=1S/C16H25NO2.2C4H10/c1-6-12-7-8-14(17-11-12)18-13-9-15(2,3)19-16(4,5)10-13;2*1-3-4-2/h7-8,11,13H,6,9-10H2,1-5H3;2*3-4H2,1-2H3. The first kappa shape index (κ1) is 25.9. The molecule has 1 aromatic rings. The fourth-order valence-electron chi connectivity index (χ4n) is 2.94. The third kappa shape index (κ3) is 12.1. The van der Waals surface area contributed by atoms with Crippen LogP contribution in [0.15, 0.2) is 18.3 Å². The molecule has 2 heterocycles. The van der Waals surface area contributed by atoms with Gasteiger partial charge in [0, 0.05) is 25.1 Å². The van der Waals surface area contributed by atoms with Crippen LogP contribution in [-0.4, -0.2) is 22.3 Å². The van der Waals surface area contributed by atoms with Crippen molar-refractivity contribution in [2.45, 2.75) is 125 Å². The van der Waals surface area contributed by atoms with Gasteiger partial charge in [-0.25, -0.2) is 4.98 Å². The molecule has 2 rings (SSSR count). The smallest absolute Gasteiger partial charge is 0.213 e. The van der Waals surface area contributed by atoms with E-state index in [1.54, 1.807) is 0 Å². The van der Waals surface area contributed by atoms with Gasteiger partial charge in [0.2, 0.25) is 5.88 Å². The molecule has 1 aliphatic heterocycles. The van der Waals surface area contributed by atoms with Crippen molar-refractivity contribution in [3.8, 4) is 5.88 Å². The second-order valence-corrected chi connectivity index (χ2v) is 8.63. The molecular weight excluding hydrogens is 334 g/mol. The maximum Gasteiger partial charge on any atom is 0.213 e. The van der Waals surface area contributed by atoms with Crippen LogP contribution in [0, 0.1) is 0 Å². The molecular formula is C24H45NO2. The first-order valence-corrected chi connectivity index (χ1v) is 10.9. The van der Waals surface area contributed by atoms with Gasteiger partial charge in [-0.05, 0) is 39.7 Å². The molecule has 0 N–H and O–H groups in total. The molecule has 1 fully saturated rings. The molecule has 1 aliphatic rings. The summed E-state index contributed by atoms with van der Waals surface area (Å²) in [6.07, 6.45) is 10.1. The lowest BCUT2D eigenvalue weighted by molar-refractivity contribution is -0.182. The van der Waals surface area contributed by atoms with Crippen LogP contribution in [0.1, 0.15) is 106 Å². The highest BCUT2D eigenvalue weighted by molar-refractivity contribution is 5.18. The van der Waals surface area contributed by atoms with Gasteiger partial charge in [0.25, 0.3) is 0 Å². The first-order chi connectivity index (χ1) is 12.6. The zero-order valence-corrected chi connectivity index (χ0v) is 19.5. The number of hydrogen-bond donors (Lipinski definition) is 0. The van der Waals surface area contributed by atoms with E-state index in [2.05, 4.69) is 73.4 Å². The molecule has 0 atom stereocenters. The molecule has 3 nitrogen and oxygen atoms in total. The van der Waals surface area contributed by atoms with Gasteiger partial charge in [0.15, 0.2) is 0 Å². The molecule has 0 aromatic carbocycles. The third-order valence-electron chi connectivity index (χ3n) is 4.48. The average Bonchev–Trinajstić information content (AvgIpc) is 2.60. The van der Waals surface area contributed by atoms with E-state index in [1.807, 2.05) is 12.3 Å². The molecule has 0 bridgehead atoms. The van der Waals surface area contributed by atoms with Crippen LogP contribution in [0.25, 0.3) is 0 Å². The van der Waals surface area contributed by atoms with Gasteiger partial charge in [-0.1, -0.05) is 66.4 Å². The Morgan fingerprint density at radius 1 is 0.889 bits per heavy atom. The van der Waals surface area contributed by atoms with Gasteiger partial charge in [0.1, 0.15) is 6.10 Å². The van der Waals surface area contributed by atoms with E-state index >= 15 is 0 Å². The molecule has 158 valence electrons. The molecule has 0 saturated carbocycles. The predicted octanol–water partition coefficient (Wildman–Crippen LogP) is 7.37. The maximum atomic E-state index is 6.07. The Hall–Kier alpha value is -1.09. The summed E-state index contributed by atoms with van der Waals surface area (Å²) in [4.78, 5) is 4.38. The number of pyridine rings is 1. The predicted molar refractivity (Wildman–Crippen MR) is 118 cm³/mol. The number of rotatable bonds is 5. The summed E-state index contributed by atoms with van der Waals surface area (Å²) >= 11 is 0. The van der Waals surface area contributed by atoms with Crippen molar-refractivity contribution in [2.24, 2.45) is 0 Å². The zero-order valence-electron chi connectivity index (χ0n) is 19.5. The fourth-order valence-corrected chi connectivity index (χ4v) is 2.94. The van der Waals surface area contributed by atoms with Crippen LogP contribution in [-0.2, 0) is 11.2 Å². The van der Waals surface area contributed by atoms with Crippen LogP contribution in [0.3, 0.4) is 0 Å². The summed E-state index contributed by atoms with van der Waals surface area (Å²) in [6.45, 7) is 19.3. The minimum Gasteiger partial charge on any atom is -0.474 e. The van der Waals surface area contributed by atoms with Crippen molar-refractivity contribution in [3.63, 3.8) is 0 Å². The Balaban J connectivity index is 0.000000718. The Bertz CT molecular complexity index is 456. The number of aryl methyl sites for hydroxylation is 1. The normalized spacial score (nSPS) is 17.8. The monoisotopic (exact) mass is 379 g/mol. The van der Waals surface area contributed by atoms with Crippen LogP contribution in [0.2, 0.25) is 0 Å². The highest BCUT2D eigenvalue weighted by Crippen LogP contribution is 2.36. The Labute approximate surface area is 169 Å². The van der Waals surface area contributed by atoms with E-state index in [9.17, 15) is 0 Å². The van der Waals surface area contributed by atoms with Gasteiger partial charge in [-0.2, -0.15) is 0 Å². The van der Waals surface area contributed by atoms with E-state index in [0.29, 0.717) is 0 Å². The van der Waals surface area contributed by atoms with Crippen molar-refractivity contribution in [1.29, 1.82) is 0 Å². The average molecular weight is 380 g/mol. The summed E-state index contributed by atoms with van der Waals surface area (Å²) in [7, 11) is 0. The maximum absolute atomic E-state index is 6.07. The zero-order chi connectivity index (χ0) is 20.9. The van der Waals surface area contributed by atoms with E-state index in [1.165, 1.54) is 31.2 Å². The Morgan fingerprint density at radius 2 is 1.37 bits per heavy atom. The van der Waals surface area contributed by atoms with Gasteiger partial charge in [0.05, 0.1) is 11.2 Å². The summed E-state index contributed by atoms with van der Waals surface area (Å²) in [5.74, 6) is 0.718. The molecule has 1 saturated heterocycles. The van der Waals surface area contributed by atoms with E-state index in [0.717, 1.165) is 25.1 Å². The second kappa shape index (κ2) is 13.1. The summed E-state index contributed by atoms with van der Waals surface area (Å²) < 4.78 is 12.1. The van der Waals surface area contributed by atoms with Crippen LogP contribution in [0.4, 0.5) is 0 Å². The van der Waals surface area contributed by atoms with Crippen LogP contribution >= 0.6 is 0 Å². The first-order valence-electron chi connectivity index (χ1n) is 10.9. The fraction of sp³-hybridized carbons (Fsp3) is 0.792. The SMILES string of the molecule is CCCC.CCCC.CCc1ccc(OC2CC(C)(C)OC(C)(C)C2)nc1. The minimum absolute atomic E-state index is 0.143. The summed E-state index contributed by atoms with van der Waals surface area (Å²) in [5.41, 5.74) is 0.950. The Kier molecular flexibility index (Phi) is 12.6. The second-order valence-electron chi connectivity index (χ2n) is 8.63. The quantitative estimate of drug-likeness (QED) is 0.535. The minimum atomic E-state index is -0.143. The summed E-state index contributed by atoms with van der Waals surface area (Å²) in [5, 5.41) is 0. The van der Waals surface area contributed by atoms with Crippen LogP contribution in [0.5, 0.6) is 5.88 Å². The van der Waals surface area contributed by atoms with E-state index in [-0.39, 0.29) is 17.3 Å². The van der Waals surface area contributed by atoms with Crippen molar-refractivity contribution in [2.75, 3.05) is 0 Å². The molecule has 0 unspecified atom stereocenters. The number of unbranched alkanes of at least 4 members (excludes halogenated alkanes) is 2. The van der Waals surface area contributed by atoms with Gasteiger partial charge < -0.3 is 9.47 Å².